The number of nitrogens with two attached hydrogens (primary N) is 1. The second-order valence-electron chi connectivity index (χ2n) is 3.82. The molecule has 0 aromatic carbocycles. The average Bonchev–Trinajstić information content (AvgIpc) is 2.78. The summed E-state index contributed by atoms with van der Waals surface area (Å²) in [6.07, 6.45) is -0.204. The first-order chi connectivity index (χ1) is 7.74. The van der Waals surface area contributed by atoms with E-state index >= 15 is 0 Å². The van der Waals surface area contributed by atoms with Gasteiger partial charge >= 0.3 is 6.01 Å². The largest absolute Gasteiger partial charge is 0.407 e. The van der Waals surface area contributed by atoms with Gasteiger partial charge in [-0.2, -0.15) is 0 Å². The monoisotopic (exact) mass is 228 g/mol. The van der Waals surface area contributed by atoms with E-state index in [0.29, 0.717) is 25.1 Å². The van der Waals surface area contributed by atoms with Crippen LogP contribution in [0.25, 0.3) is 0 Å². The molecule has 7 heteroatoms. The maximum atomic E-state index is 9.06. The molecule has 2 heterocycles. The Morgan fingerprint density at radius 1 is 1.56 bits per heavy atom. The Kier molecular flexibility index (Phi) is 3.37. The molecule has 2 rings (SSSR count). The van der Waals surface area contributed by atoms with Crippen molar-refractivity contribution in [2.75, 3.05) is 24.7 Å². The van der Waals surface area contributed by atoms with Gasteiger partial charge in [-0.25, -0.2) is 0 Å². The predicted octanol–water partition coefficient (Wildman–Crippen LogP) is -0.886. The van der Waals surface area contributed by atoms with Gasteiger partial charge in [0.05, 0.1) is 38.4 Å². The first-order valence-electron chi connectivity index (χ1n) is 5.26. The van der Waals surface area contributed by atoms with Crippen LogP contribution >= 0.6 is 0 Å². The Morgan fingerprint density at radius 2 is 2.38 bits per heavy atom. The quantitative estimate of drug-likeness (QED) is 0.692. The van der Waals surface area contributed by atoms with Gasteiger partial charge in [0.25, 0.3) is 0 Å². The number of hydrogen-bond acceptors (Lipinski definition) is 7. The standard InChI is InChI=1S/C9H16N4O3/c1-6-5-15-7(4-14)3-13(6)9-12-11-8(2-10)16-9/h6-7,14H,2-5,10H2,1H3. The van der Waals surface area contributed by atoms with E-state index in [9.17, 15) is 0 Å². The van der Waals surface area contributed by atoms with Crippen LogP contribution in [0.15, 0.2) is 4.42 Å². The van der Waals surface area contributed by atoms with Crippen molar-refractivity contribution in [3.05, 3.63) is 5.89 Å². The van der Waals surface area contributed by atoms with Gasteiger partial charge in [0.1, 0.15) is 0 Å². The lowest BCUT2D eigenvalue weighted by molar-refractivity contribution is -0.0118. The van der Waals surface area contributed by atoms with Crippen LogP contribution in [0, 0.1) is 0 Å². The van der Waals surface area contributed by atoms with Crippen LogP contribution in [-0.2, 0) is 11.3 Å². The van der Waals surface area contributed by atoms with Crippen molar-refractivity contribution in [1.82, 2.24) is 10.2 Å². The second kappa shape index (κ2) is 4.77. The number of anilines is 1. The molecule has 1 aromatic rings. The van der Waals surface area contributed by atoms with Crippen molar-refractivity contribution in [3.63, 3.8) is 0 Å². The fraction of sp³-hybridized carbons (Fsp3) is 0.778. The molecule has 0 saturated carbocycles. The molecule has 90 valence electrons. The summed E-state index contributed by atoms with van der Waals surface area (Å²) < 4.78 is 10.8. The average molecular weight is 228 g/mol. The predicted molar refractivity (Wildman–Crippen MR) is 55.8 cm³/mol. The Labute approximate surface area is 93.2 Å². The van der Waals surface area contributed by atoms with E-state index in [1.54, 1.807) is 0 Å². The van der Waals surface area contributed by atoms with Gasteiger partial charge in [-0.15, -0.1) is 5.10 Å². The van der Waals surface area contributed by atoms with Crippen LogP contribution < -0.4 is 10.6 Å². The fourth-order valence-electron chi connectivity index (χ4n) is 1.64. The molecule has 16 heavy (non-hydrogen) atoms. The normalized spacial score (nSPS) is 26.1. The van der Waals surface area contributed by atoms with Gasteiger partial charge in [0.15, 0.2) is 0 Å². The van der Waals surface area contributed by atoms with Crippen LogP contribution in [-0.4, -0.2) is 47.2 Å². The molecule has 0 spiro atoms. The van der Waals surface area contributed by atoms with E-state index in [2.05, 4.69) is 10.2 Å². The topological polar surface area (TPSA) is 97.6 Å². The van der Waals surface area contributed by atoms with Gasteiger partial charge in [0, 0.05) is 0 Å². The first-order valence-corrected chi connectivity index (χ1v) is 5.26. The smallest absolute Gasteiger partial charge is 0.318 e. The number of ether oxygens (including phenoxy) is 1. The van der Waals surface area contributed by atoms with Crippen LogP contribution in [0.4, 0.5) is 6.01 Å². The first kappa shape index (κ1) is 11.3. The summed E-state index contributed by atoms with van der Waals surface area (Å²) in [7, 11) is 0. The van der Waals surface area contributed by atoms with Crippen LogP contribution in [0.3, 0.4) is 0 Å². The highest BCUT2D eigenvalue weighted by molar-refractivity contribution is 5.27. The summed E-state index contributed by atoms with van der Waals surface area (Å²) in [6, 6.07) is 0.587. The van der Waals surface area contributed by atoms with Crippen molar-refractivity contribution in [2.24, 2.45) is 5.73 Å². The van der Waals surface area contributed by atoms with Gasteiger partial charge in [-0.3, -0.25) is 0 Å². The third-order valence-corrected chi connectivity index (χ3v) is 2.59. The number of hydrogen-bond donors (Lipinski definition) is 2. The maximum absolute atomic E-state index is 9.06. The van der Waals surface area contributed by atoms with Crippen molar-refractivity contribution in [1.29, 1.82) is 0 Å². The maximum Gasteiger partial charge on any atom is 0.318 e. The summed E-state index contributed by atoms with van der Waals surface area (Å²) in [5, 5.41) is 16.8. The molecule has 1 aromatic heterocycles. The van der Waals surface area contributed by atoms with Crippen molar-refractivity contribution in [2.45, 2.75) is 25.6 Å². The summed E-state index contributed by atoms with van der Waals surface area (Å²) in [4.78, 5) is 1.93. The Balaban J connectivity index is 2.11. The minimum Gasteiger partial charge on any atom is -0.407 e. The SMILES string of the molecule is CC1COC(CO)CN1c1nnc(CN)o1. The summed E-state index contributed by atoms with van der Waals surface area (Å²) in [6.45, 7) is 3.30. The lowest BCUT2D eigenvalue weighted by Gasteiger charge is -2.35. The molecule has 0 amide bonds. The molecular weight excluding hydrogens is 212 g/mol. The van der Waals surface area contributed by atoms with Crippen molar-refractivity contribution >= 4 is 6.01 Å². The van der Waals surface area contributed by atoms with Gasteiger partial charge < -0.3 is 24.9 Å². The van der Waals surface area contributed by atoms with Crippen molar-refractivity contribution < 1.29 is 14.3 Å². The molecule has 1 aliphatic heterocycles. The van der Waals surface area contributed by atoms with E-state index in [-0.39, 0.29) is 25.3 Å². The lowest BCUT2D eigenvalue weighted by Crippen LogP contribution is -2.49. The minimum atomic E-state index is -0.204. The molecule has 1 aliphatic rings. The zero-order valence-corrected chi connectivity index (χ0v) is 9.17. The van der Waals surface area contributed by atoms with E-state index in [0.717, 1.165) is 0 Å². The molecule has 0 aliphatic carbocycles. The van der Waals surface area contributed by atoms with Gasteiger partial charge in [0.2, 0.25) is 5.89 Å². The number of rotatable bonds is 3. The minimum absolute atomic E-state index is 0.0128. The number of nitrogens with zero attached hydrogens (tertiary/aromatic N) is 3. The Bertz CT molecular complexity index is 343. The summed E-state index contributed by atoms with van der Waals surface area (Å²) >= 11 is 0. The number of morpholine rings is 1. The highest BCUT2D eigenvalue weighted by Gasteiger charge is 2.29. The number of aliphatic hydroxyl groups excluding tert-OH is 1. The van der Waals surface area contributed by atoms with Crippen molar-refractivity contribution in [3.8, 4) is 0 Å². The highest BCUT2D eigenvalue weighted by atomic mass is 16.5. The van der Waals surface area contributed by atoms with E-state index in [4.69, 9.17) is 20.0 Å². The van der Waals surface area contributed by atoms with Crippen LogP contribution in [0.2, 0.25) is 0 Å². The number of aliphatic hydroxyl groups is 1. The van der Waals surface area contributed by atoms with Crippen LogP contribution in [0.1, 0.15) is 12.8 Å². The zero-order valence-electron chi connectivity index (χ0n) is 9.17. The highest BCUT2D eigenvalue weighted by Crippen LogP contribution is 2.20. The zero-order chi connectivity index (χ0) is 11.5. The van der Waals surface area contributed by atoms with E-state index < -0.39 is 0 Å². The third-order valence-electron chi connectivity index (χ3n) is 2.59. The van der Waals surface area contributed by atoms with E-state index in [1.807, 2.05) is 11.8 Å². The third kappa shape index (κ3) is 2.16. The molecule has 0 radical (unpaired) electrons. The lowest BCUT2D eigenvalue weighted by atomic mass is 10.2. The molecule has 2 atom stereocenters. The molecule has 7 nitrogen and oxygen atoms in total. The van der Waals surface area contributed by atoms with E-state index in [1.165, 1.54) is 0 Å². The summed E-state index contributed by atoms with van der Waals surface area (Å²) in [5.41, 5.74) is 5.40. The molecule has 0 bridgehead atoms. The summed E-state index contributed by atoms with van der Waals surface area (Å²) in [5.74, 6) is 0.411. The molecule has 2 unspecified atom stereocenters. The Hall–Kier alpha value is -1.18. The molecule has 3 N–H and O–H groups in total. The number of aromatic nitrogens is 2. The Morgan fingerprint density at radius 3 is 3.00 bits per heavy atom. The van der Waals surface area contributed by atoms with Gasteiger partial charge in [-0.05, 0) is 6.92 Å². The fourth-order valence-corrected chi connectivity index (χ4v) is 1.64. The second-order valence-corrected chi connectivity index (χ2v) is 3.82. The van der Waals surface area contributed by atoms with Gasteiger partial charge in [-0.1, -0.05) is 5.10 Å². The molecular formula is C9H16N4O3. The van der Waals surface area contributed by atoms with Crippen LogP contribution in [0.5, 0.6) is 0 Å². The molecule has 1 fully saturated rings. The molecule has 1 saturated heterocycles.